The van der Waals surface area contributed by atoms with Crippen molar-refractivity contribution in [3.8, 4) is 17.1 Å². The molecule has 10 nitrogen and oxygen atoms in total. The van der Waals surface area contributed by atoms with Crippen molar-refractivity contribution in [2.24, 2.45) is 5.92 Å². The predicted octanol–water partition coefficient (Wildman–Crippen LogP) is 4.53. The predicted molar refractivity (Wildman–Crippen MR) is 149 cm³/mol. The van der Waals surface area contributed by atoms with E-state index in [0.717, 1.165) is 40.8 Å². The van der Waals surface area contributed by atoms with Crippen LogP contribution in [0.1, 0.15) is 53.0 Å². The molecule has 1 N–H and O–H groups in total. The van der Waals surface area contributed by atoms with E-state index in [9.17, 15) is 9.59 Å². The Morgan fingerprint density at radius 2 is 1.95 bits per heavy atom. The number of rotatable bonds is 5. The normalized spacial score (nSPS) is 20.1. The number of aromatic nitrogens is 3. The molecule has 1 aliphatic carbocycles. The summed E-state index contributed by atoms with van der Waals surface area (Å²) in [6, 6.07) is 8.44. The summed E-state index contributed by atoms with van der Waals surface area (Å²) in [5.74, 6) is 0.661. The van der Waals surface area contributed by atoms with Crippen LogP contribution in [-0.4, -0.2) is 64.9 Å². The lowest BCUT2D eigenvalue weighted by molar-refractivity contribution is -0.119. The molecule has 3 aliphatic rings. The van der Waals surface area contributed by atoms with Crippen molar-refractivity contribution in [3.63, 3.8) is 0 Å². The maximum absolute atomic E-state index is 13.1. The number of anilines is 2. The van der Waals surface area contributed by atoms with Gasteiger partial charge in [0.15, 0.2) is 0 Å². The van der Waals surface area contributed by atoms with Gasteiger partial charge in [0, 0.05) is 50.6 Å². The summed E-state index contributed by atoms with van der Waals surface area (Å²) in [4.78, 5) is 38.5. The van der Waals surface area contributed by atoms with Crippen molar-refractivity contribution >= 4 is 34.4 Å². The van der Waals surface area contributed by atoms with Crippen LogP contribution in [0.4, 0.5) is 16.2 Å². The maximum atomic E-state index is 13.1. The summed E-state index contributed by atoms with van der Waals surface area (Å²) >= 11 is 0. The average molecular weight is 533 g/mol. The summed E-state index contributed by atoms with van der Waals surface area (Å²) in [7, 11) is 2.02. The monoisotopic (exact) mass is 532 g/mol. The molecule has 0 radical (unpaired) electrons. The van der Waals surface area contributed by atoms with Crippen molar-refractivity contribution in [1.82, 2.24) is 19.9 Å². The Kier molecular flexibility index (Phi) is 6.15. The highest BCUT2D eigenvalue weighted by Gasteiger charge is 2.32. The number of pyridine rings is 1. The van der Waals surface area contributed by atoms with Gasteiger partial charge in [-0.25, -0.2) is 14.8 Å². The summed E-state index contributed by atoms with van der Waals surface area (Å²) in [5, 5.41) is 2.90. The van der Waals surface area contributed by atoms with Gasteiger partial charge in [0.05, 0.1) is 28.9 Å². The van der Waals surface area contributed by atoms with Crippen LogP contribution in [0.2, 0.25) is 0 Å². The lowest BCUT2D eigenvalue weighted by Crippen LogP contribution is -2.45. The first-order valence-corrected chi connectivity index (χ1v) is 13.7. The van der Waals surface area contributed by atoms with Gasteiger partial charge in [0.25, 0.3) is 0 Å². The van der Waals surface area contributed by atoms with E-state index in [1.165, 1.54) is 0 Å². The number of hydrogen-bond acceptors (Lipinski definition) is 7. The van der Waals surface area contributed by atoms with E-state index in [1.807, 2.05) is 65.3 Å². The van der Waals surface area contributed by atoms with Crippen LogP contribution in [0.15, 0.2) is 30.6 Å². The number of carbonyl (C=O) groups is 2. The van der Waals surface area contributed by atoms with Crippen LogP contribution in [-0.2, 0) is 9.53 Å². The minimum Gasteiger partial charge on any atom is -0.473 e. The smallest absolute Gasteiger partial charge is 0.414 e. The van der Waals surface area contributed by atoms with E-state index >= 15 is 0 Å². The van der Waals surface area contributed by atoms with Gasteiger partial charge >= 0.3 is 6.09 Å². The third kappa shape index (κ3) is 4.99. The molecule has 4 heterocycles. The quantitative estimate of drug-likeness (QED) is 0.515. The zero-order valence-corrected chi connectivity index (χ0v) is 23.2. The molecule has 3 aromatic rings. The Bertz CT molecular complexity index is 1440. The Morgan fingerprint density at radius 3 is 2.64 bits per heavy atom. The van der Waals surface area contributed by atoms with Gasteiger partial charge in [-0.1, -0.05) is 6.07 Å². The molecule has 1 saturated carbocycles. The molecule has 2 atom stereocenters. The maximum Gasteiger partial charge on any atom is 0.414 e. The van der Waals surface area contributed by atoms with Crippen LogP contribution in [0, 0.1) is 5.92 Å². The SMILES string of the molecule is C[C@@H](Oc1nc(-c2ccc3c(c2)N(C(=O)OC(C)(C)C)CCN3C)cc2ncn(C3CC3)c12)C1CNC(=O)C1. The van der Waals surface area contributed by atoms with Crippen molar-refractivity contribution in [1.29, 1.82) is 0 Å². The third-order valence-corrected chi connectivity index (χ3v) is 7.68. The molecule has 2 aliphatic heterocycles. The van der Waals surface area contributed by atoms with Crippen LogP contribution >= 0.6 is 0 Å². The van der Waals surface area contributed by atoms with Gasteiger partial charge in [-0.05, 0) is 58.7 Å². The number of imidazole rings is 1. The number of benzene rings is 1. The molecule has 1 saturated heterocycles. The first kappa shape index (κ1) is 25.5. The summed E-state index contributed by atoms with van der Waals surface area (Å²) in [6.07, 6.45) is 3.99. The van der Waals surface area contributed by atoms with Gasteiger partial charge < -0.3 is 24.3 Å². The molecule has 2 aromatic heterocycles. The molecular weight excluding hydrogens is 496 g/mol. The van der Waals surface area contributed by atoms with E-state index in [1.54, 1.807) is 4.90 Å². The fourth-order valence-corrected chi connectivity index (χ4v) is 5.34. The molecule has 206 valence electrons. The lowest BCUT2D eigenvalue weighted by Gasteiger charge is -2.36. The van der Waals surface area contributed by atoms with Crippen molar-refractivity contribution in [3.05, 3.63) is 30.6 Å². The molecule has 2 amide bonds. The number of ether oxygens (including phenoxy) is 2. The zero-order chi connectivity index (χ0) is 27.5. The number of nitrogens with one attached hydrogen (secondary N) is 1. The molecule has 0 spiro atoms. The molecule has 1 unspecified atom stereocenters. The zero-order valence-electron chi connectivity index (χ0n) is 23.2. The molecular formula is C29H36N6O4. The van der Waals surface area contributed by atoms with E-state index < -0.39 is 5.60 Å². The Balaban J connectivity index is 1.40. The lowest BCUT2D eigenvalue weighted by atomic mass is 10.0. The van der Waals surface area contributed by atoms with E-state index in [2.05, 4.69) is 14.8 Å². The number of amides is 2. The second kappa shape index (κ2) is 9.43. The van der Waals surface area contributed by atoms with E-state index in [-0.39, 0.29) is 24.0 Å². The van der Waals surface area contributed by atoms with Crippen molar-refractivity contribution in [2.45, 2.75) is 64.7 Å². The van der Waals surface area contributed by atoms with Gasteiger partial charge in [0.1, 0.15) is 17.2 Å². The highest BCUT2D eigenvalue weighted by molar-refractivity contribution is 5.95. The highest BCUT2D eigenvalue weighted by atomic mass is 16.6. The topological polar surface area (TPSA) is 102 Å². The van der Waals surface area contributed by atoms with Gasteiger partial charge in [-0.3, -0.25) is 9.69 Å². The number of hydrogen-bond donors (Lipinski definition) is 1. The first-order chi connectivity index (χ1) is 18.6. The van der Waals surface area contributed by atoms with Crippen molar-refractivity contribution < 1.29 is 19.1 Å². The Labute approximate surface area is 228 Å². The summed E-state index contributed by atoms with van der Waals surface area (Å²) < 4.78 is 14.4. The number of nitrogens with zero attached hydrogens (tertiary/aromatic N) is 5. The van der Waals surface area contributed by atoms with Crippen LogP contribution < -0.4 is 19.9 Å². The Hall–Kier alpha value is -3.82. The Morgan fingerprint density at radius 1 is 1.15 bits per heavy atom. The van der Waals surface area contributed by atoms with Crippen LogP contribution in [0.25, 0.3) is 22.3 Å². The minimum atomic E-state index is -0.590. The second-order valence-corrected chi connectivity index (χ2v) is 11.9. The van der Waals surface area contributed by atoms with Crippen LogP contribution in [0.3, 0.4) is 0 Å². The van der Waals surface area contributed by atoms with Crippen LogP contribution in [0.5, 0.6) is 5.88 Å². The molecule has 10 heteroatoms. The fourth-order valence-electron chi connectivity index (χ4n) is 5.34. The van der Waals surface area contributed by atoms with Crippen molar-refractivity contribution in [2.75, 3.05) is 36.5 Å². The number of fused-ring (bicyclic) bond motifs is 2. The number of carbonyl (C=O) groups excluding carboxylic acids is 2. The van der Waals surface area contributed by atoms with Gasteiger partial charge in [-0.15, -0.1) is 0 Å². The van der Waals surface area contributed by atoms with E-state index in [4.69, 9.17) is 19.4 Å². The van der Waals surface area contributed by atoms with Gasteiger partial charge in [0.2, 0.25) is 11.8 Å². The standard InChI is InChI=1S/C29H36N6O4/c1-17(19-13-25(36)30-15-19)38-27-26-22(31-16-35(26)20-7-8-20)14-21(32-27)18-6-9-23-24(12-18)34(11-10-33(23)5)28(37)39-29(2,3)4/h6,9,12,14,16-17,19-20H,7-8,10-11,13,15H2,1-5H3,(H,30,36)/t17-,19?/m1/s1. The van der Waals surface area contributed by atoms with Gasteiger partial charge in [-0.2, -0.15) is 0 Å². The summed E-state index contributed by atoms with van der Waals surface area (Å²) in [6.45, 7) is 9.46. The molecule has 6 rings (SSSR count). The average Bonchev–Trinajstić information content (AvgIpc) is 3.48. The highest BCUT2D eigenvalue weighted by Crippen LogP contribution is 2.42. The molecule has 39 heavy (non-hydrogen) atoms. The molecule has 2 fully saturated rings. The third-order valence-electron chi connectivity index (χ3n) is 7.68. The number of likely N-dealkylation sites (N-methyl/N-ethyl adjacent to an activating group) is 1. The minimum absolute atomic E-state index is 0.0545. The largest absolute Gasteiger partial charge is 0.473 e. The molecule has 1 aromatic carbocycles. The first-order valence-electron chi connectivity index (χ1n) is 13.7. The summed E-state index contributed by atoms with van der Waals surface area (Å²) in [5.41, 5.74) is 4.42. The molecule has 0 bridgehead atoms. The second-order valence-electron chi connectivity index (χ2n) is 11.9. The van der Waals surface area contributed by atoms with E-state index in [0.29, 0.717) is 43.7 Å². The fraction of sp³-hybridized carbons (Fsp3) is 0.517.